The first-order valence-electron chi connectivity index (χ1n) is 5.58. The second-order valence-electron chi connectivity index (χ2n) is 4.21. The minimum Gasteiger partial charge on any atom is -0.256 e. The Morgan fingerprint density at radius 2 is 1.94 bits per heavy atom. The van der Waals surface area contributed by atoms with Gasteiger partial charge < -0.3 is 0 Å². The molecule has 1 heterocycles. The average Bonchev–Trinajstić information content (AvgIpc) is 2.50. The molecule has 0 N–H and O–H groups in total. The highest BCUT2D eigenvalue weighted by Crippen LogP contribution is 2.30. The second-order valence-corrected chi connectivity index (χ2v) is 4.21. The van der Waals surface area contributed by atoms with E-state index < -0.39 is 0 Å². The third-order valence-corrected chi connectivity index (χ3v) is 3.09. The van der Waals surface area contributed by atoms with Crippen LogP contribution < -0.4 is 0 Å². The van der Waals surface area contributed by atoms with Gasteiger partial charge >= 0.3 is 0 Å². The van der Waals surface area contributed by atoms with Crippen LogP contribution in [0, 0.1) is 5.92 Å². The molecule has 0 spiro atoms. The fraction of sp³-hybridized carbons (Fsp3) is 0.133. The van der Waals surface area contributed by atoms with E-state index in [1.54, 1.807) is 0 Å². The van der Waals surface area contributed by atoms with Crippen LogP contribution in [0.5, 0.6) is 0 Å². The van der Waals surface area contributed by atoms with Gasteiger partial charge in [0.2, 0.25) is 0 Å². The van der Waals surface area contributed by atoms with Gasteiger partial charge in [-0.15, -0.1) is 0 Å². The summed E-state index contributed by atoms with van der Waals surface area (Å²) in [5.74, 6) is 0.448. The van der Waals surface area contributed by atoms with Crippen molar-refractivity contribution in [2.24, 2.45) is 10.9 Å². The first-order chi connectivity index (χ1) is 7.84. The summed E-state index contributed by atoms with van der Waals surface area (Å²) in [6.07, 6.45) is 10.6. The number of hydrogen-bond acceptors (Lipinski definition) is 1. The Balaban J connectivity index is 2.21. The Morgan fingerprint density at radius 3 is 2.81 bits per heavy atom. The number of aliphatic imine (C=N–C) groups is 1. The molecule has 1 aromatic carbocycles. The molecule has 78 valence electrons. The van der Waals surface area contributed by atoms with Gasteiger partial charge in [-0.1, -0.05) is 43.3 Å². The summed E-state index contributed by atoms with van der Waals surface area (Å²) in [5.41, 5.74) is 4.85. The molecule has 1 heteroatoms. The van der Waals surface area contributed by atoms with Gasteiger partial charge in [-0.3, -0.25) is 4.99 Å². The monoisotopic (exact) mass is 207 g/mol. The van der Waals surface area contributed by atoms with Gasteiger partial charge in [0, 0.05) is 12.1 Å². The van der Waals surface area contributed by atoms with Crippen LogP contribution in [-0.2, 0) is 0 Å². The Bertz CT molecular complexity index is 544. The van der Waals surface area contributed by atoms with Crippen molar-refractivity contribution < 1.29 is 0 Å². The maximum absolute atomic E-state index is 4.55. The Hall–Kier alpha value is -1.89. The molecule has 16 heavy (non-hydrogen) atoms. The SMILES string of the molecule is CC1C=CC=C2N=Cc3ccccc3C=C21. The molecular formula is C15H13N. The standard InChI is InChI=1S/C15H13N/c1-11-5-4-8-15-14(11)9-12-6-2-3-7-13(12)10-16-15/h2-11H,1H3. The summed E-state index contributed by atoms with van der Waals surface area (Å²) >= 11 is 0. The Labute approximate surface area is 95.5 Å². The van der Waals surface area contributed by atoms with E-state index in [-0.39, 0.29) is 0 Å². The molecule has 1 aromatic rings. The zero-order valence-corrected chi connectivity index (χ0v) is 9.22. The van der Waals surface area contributed by atoms with Crippen molar-refractivity contribution in [3.8, 4) is 0 Å². The minimum atomic E-state index is 0.448. The fourth-order valence-electron chi connectivity index (χ4n) is 2.14. The van der Waals surface area contributed by atoms with E-state index in [2.05, 4.69) is 54.4 Å². The van der Waals surface area contributed by atoms with Crippen LogP contribution in [0.1, 0.15) is 18.1 Å². The molecule has 0 saturated heterocycles. The van der Waals surface area contributed by atoms with Crippen molar-refractivity contribution in [3.63, 3.8) is 0 Å². The van der Waals surface area contributed by atoms with Gasteiger partial charge in [0.15, 0.2) is 0 Å². The molecule has 1 unspecified atom stereocenters. The van der Waals surface area contributed by atoms with E-state index in [1.165, 1.54) is 16.7 Å². The van der Waals surface area contributed by atoms with Crippen molar-refractivity contribution >= 4 is 12.3 Å². The molecule has 0 amide bonds. The summed E-state index contributed by atoms with van der Waals surface area (Å²) in [5, 5.41) is 0. The fourth-order valence-corrected chi connectivity index (χ4v) is 2.14. The quantitative estimate of drug-likeness (QED) is 0.616. The largest absolute Gasteiger partial charge is 0.256 e. The van der Waals surface area contributed by atoms with Crippen LogP contribution in [0.25, 0.3) is 6.08 Å². The lowest BCUT2D eigenvalue weighted by Gasteiger charge is -2.15. The molecule has 0 bridgehead atoms. The summed E-state index contributed by atoms with van der Waals surface area (Å²) in [7, 11) is 0. The number of nitrogens with zero attached hydrogens (tertiary/aromatic N) is 1. The van der Waals surface area contributed by atoms with Crippen LogP contribution in [0.2, 0.25) is 0 Å². The Kier molecular flexibility index (Phi) is 2.10. The van der Waals surface area contributed by atoms with Crippen molar-refractivity contribution in [1.29, 1.82) is 0 Å². The highest BCUT2D eigenvalue weighted by molar-refractivity contribution is 5.89. The molecule has 0 radical (unpaired) electrons. The van der Waals surface area contributed by atoms with Gasteiger partial charge in [0.25, 0.3) is 0 Å². The van der Waals surface area contributed by atoms with Crippen molar-refractivity contribution in [1.82, 2.24) is 0 Å². The van der Waals surface area contributed by atoms with Crippen LogP contribution >= 0.6 is 0 Å². The van der Waals surface area contributed by atoms with Crippen LogP contribution in [0.15, 0.2) is 58.8 Å². The normalized spacial score (nSPS) is 21.7. The van der Waals surface area contributed by atoms with Gasteiger partial charge in [-0.2, -0.15) is 0 Å². The minimum absolute atomic E-state index is 0.448. The second kappa shape index (κ2) is 3.60. The molecule has 0 aromatic heterocycles. The lowest BCUT2D eigenvalue weighted by molar-refractivity contribution is 0.865. The lowest BCUT2D eigenvalue weighted by Crippen LogP contribution is -2.00. The average molecular weight is 207 g/mol. The van der Waals surface area contributed by atoms with E-state index in [0.29, 0.717) is 5.92 Å². The molecule has 1 nitrogen and oxygen atoms in total. The van der Waals surface area contributed by atoms with Crippen LogP contribution in [-0.4, -0.2) is 6.21 Å². The maximum atomic E-state index is 4.55. The number of allylic oxidation sites excluding steroid dienone is 4. The van der Waals surface area contributed by atoms with Crippen LogP contribution in [0.3, 0.4) is 0 Å². The molecule has 1 aliphatic carbocycles. The smallest absolute Gasteiger partial charge is 0.0667 e. The van der Waals surface area contributed by atoms with E-state index >= 15 is 0 Å². The summed E-state index contributed by atoms with van der Waals surface area (Å²) < 4.78 is 0. The molecule has 0 fully saturated rings. The summed E-state index contributed by atoms with van der Waals surface area (Å²) in [6.45, 7) is 2.21. The molecule has 1 atom stereocenters. The van der Waals surface area contributed by atoms with E-state index in [1.807, 2.05) is 12.3 Å². The first-order valence-corrected chi connectivity index (χ1v) is 5.58. The number of rotatable bonds is 0. The Morgan fingerprint density at radius 1 is 1.12 bits per heavy atom. The molecule has 3 rings (SSSR count). The predicted molar refractivity (Wildman–Crippen MR) is 68.4 cm³/mol. The lowest BCUT2D eigenvalue weighted by atomic mass is 9.92. The first kappa shape index (κ1) is 9.34. The summed E-state index contributed by atoms with van der Waals surface area (Å²) in [4.78, 5) is 4.55. The van der Waals surface area contributed by atoms with Gasteiger partial charge in [-0.25, -0.2) is 0 Å². The number of fused-ring (bicyclic) bond motifs is 2. The van der Waals surface area contributed by atoms with E-state index in [9.17, 15) is 0 Å². The number of hydrogen-bond donors (Lipinski definition) is 0. The molecular weight excluding hydrogens is 194 g/mol. The molecule has 0 saturated carbocycles. The van der Waals surface area contributed by atoms with Gasteiger partial charge in [-0.05, 0) is 28.9 Å². The van der Waals surface area contributed by atoms with Crippen molar-refractivity contribution in [3.05, 3.63) is 64.9 Å². The third-order valence-electron chi connectivity index (χ3n) is 3.09. The topological polar surface area (TPSA) is 12.4 Å². The zero-order valence-electron chi connectivity index (χ0n) is 9.22. The summed E-state index contributed by atoms with van der Waals surface area (Å²) in [6, 6.07) is 8.37. The molecule has 2 aliphatic rings. The van der Waals surface area contributed by atoms with Crippen molar-refractivity contribution in [2.45, 2.75) is 6.92 Å². The van der Waals surface area contributed by atoms with Crippen molar-refractivity contribution in [2.75, 3.05) is 0 Å². The van der Waals surface area contributed by atoms with E-state index in [0.717, 1.165) is 5.70 Å². The van der Waals surface area contributed by atoms with Gasteiger partial charge in [0.05, 0.1) is 5.70 Å². The predicted octanol–water partition coefficient (Wildman–Crippen LogP) is 3.59. The van der Waals surface area contributed by atoms with Crippen LogP contribution in [0.4, 0.5) is 0 Å². The highest BCUT2D eigenvalue weighted by atomic mass is 14.7. The molecule has 1 aliphatic heterocycles. The maximum Gasteiger partial charge on any atom is 0.0667 e. The zero-order chi connectivity index (χ0) is 11.0. The highest BCUT2D eigenvalue weighted by Gasteiger charge is 2.15. The van der Waals surface area contributed by atoms with E-state index in [4.69, 9.17) is 0 Å². The number of benzene rings is 1. The van der Waals surface area contributed by atoms with Gasteiger partial charge in [0.1, 0.15) is 0 Å². The third kappa shape index (κ3) is 1.45.